The van der Waals surface area contributed by atoms with Crippen LogP contribution in [0.4, 0.5) is 18.3 Å². The fourth-order valence-electron chi connectivity index (χ4n) is 3.03. The molecule has 1 amide bonds. The van der Waals surface area contributed by atoms with Gasteiger partial charge in [0.15, 0.2) is 6.04 Å². The molecule has 3 N–H and O–H groups in total. The Morgan fingerprint density at radius 3 is 2.47 bits per heavy atom. The molecule has 0 radical (unpaired) electrons. The van der Waals surface area contributed by atoms with E-state index in [1.807, 2.05) is 5.43 Å². The Kier molecular flexibility index (Phi) is 5.35. The molecule has 3 aromatic rings. The lowest BCUT2D eigenvalue weighted by Gasteiger charge is -2.20. The van der Waals surface area contributed by atoms with Gasteiger partial charge in [0.1, 0.15) is 5.57 Å². The van der Waals surface area contributed by atoms with Gasteiger partial charge in [-0.1, -0.05) is 41.2 Å². The number of nitrogens with zero attached hydrogens (tertiary/aromatic N) is 2. The highest BCUT2D eigenvalue weighted by Gasteiger charge is 2.52. The number of para-hydroxylation sites is 1. The minimum atomic E-state index is -5.01. The number of anilines is 1. The summed E-state index contributed by atoms with van der Waals surface area (Å²) < 4.78 is 68.2. The zero-order chi connectivity index (χ0) is 23.3. The van der Waals surface area contributed by atoms with Crippen molar-refractivity contribution in [3.8, 4) is 0 Å². The lowest BCUT2D eigenvalue weighted by atomic mass is 10.1. The molecule has 2 heterocycles. The largest absolute Gasteiger partial charge is 0.493 e. The Morgan fingerprint density at radius 1 is 1.19 bits per heavy atom. The van der Waals surface area contributed by atoms with Gasteiger partial charge in [0.05, 0.1) is 15.1 Å². The Morgan fingerprint density at radius 2 is 1.84 bits per heavy atom. The Bertz CT molecular complexity index is 1300. The monoisotopic (exact) mass is 484 g/mol. The molecule has 32 heavy (non-hydrogen) atoms. The number of rotatable bonds is 4. The minimum Gasteiger partial charge on any atom is -0.493 e. The van der Waals surface area contributed by atoms with E-state index in [-0.39, 0.29) is 10.0 Å². The van der Waals surface area contributed by atoms with Crippen LogP contribution < -0.4 is 15.2 Å². The van der Waals surface area contributed by atoms with Gasteiger partial charge in [0, 0.05) is 0 Å². The van der Waals surface area contributed by atoms with Gasteiger partial charge in [-0.3, -0.25) is 4.79 Å². The fourth-order valence-corrected chi connectivity index (χ4v) is 4.93. The van der Waals surface area contributed by atoms with E-state index in [0.29, 0.717) is 15.2 Å². The van der Waals surface area contributed by atoms with Crippen LogP contribution in [0.1, 0.15) is 5.56 Å². The average Bonchev–Trinajstić information content (AvgIpc) is 3.28. The van der Waals surface area contributed by atoms with E-state index in [2.05, 4.69) is 4.98 Å². The van der Waals surface area contributed by atoms with Crippen LogP contribution in [0, 0.1) is 6.92 Å². The lowest BCUT2D eigenvalue weighted by molar-refractivity contribution is -0.148. The fraction of sp³-hybridized carbons (Fsp3) is 0.158. The van der Waals surface area contributed by atoms with E-state index < -0.39 is 39.6 Å². The maximum absolute atomic E-state index is 13.7. The standard InChI is InChI=1S/C19H15F3N4O4S2/c1-10-6-8-11(9-7-10)32(29,30)25-16(27)14-15(19(20,21)22)24-26(17(14)28)18-23-12-4-2-3-5-13(12)31-18/h2-9,15,24,28H,1H3,(H,25,27)/t15-/m1/s1. The molecule has 0 unspecified atom stereocenters. The zero-order valence-electron chi connectivity index (χ0n) is 16.2. The number of halogens is 3. The van der Waals surface area contributed by atoms with Gasteiger partial charge in [-0.15, -0.1) is 0 Å². The smallest absolute Gasteiger partial charge is 0.410 e. The van der Waals surface area contributed by atoms with Crippen LogP contribution in [0.3, 0.4) is 0 Å². The second kappa shape index (κ2) is 7.76. The molecule has 0 spiro atoms. The maximum atomic E-state index is 13.7. The second-order valence-corrected chi connectivity index (χ2v) is 9.58. The van der Waals surface area contributed by atoms with Gasteiger partial charge in [0.2, 0.25) is 11.0 Å². The summed E-state index contributed by atoms with van der Waals surface area (Å²) >= 11 is 0.977. The first kappa shape index (κ1) is 22.0. The number of benzene rings is 2. The van der Waals surface area contributed by atoms with Crippen LogP contribution in [-0.4, -0.2) is 36.6 Å². The first-order valence-corrected chi connectivity index (χ1v) is 11.3. The van der Waals surface area contributed by atoms with Crippen molar-refractivity contribution in [2.24, 2.45) is 0 Å². The number of aromatic nitrogens is 1. The third-order valence-electron chi connectivity index (χ3n) is 4.60. The maximum Gasteiger partial charge on any atom is 0.410 e. The average molecular weight is 484 g/mol. The lowest BCUT2D eigenvalue weighted by Crippen LogP contribution is -2.48. The molecule has 1 aliphatic heterocycles. The summed E-state index contributed by atoms with van der Waals surface area (Å²) in [4.78, 5) is 16.5. The van der Waals surface area contributed by atoms with E-state index in [0.717, 1.165) is 16.9 Å². The number of sulfonamides is 1. The number of hydrogen-bond acceptors (Lipinski definition) is 8. The van der Waals surface area contributed by atoms with Gasteiger partial charge in [-0.2, -0.15) is 13.2 Å². The highest BCUT2D eigenvalue weighted by atomic mass is 32.2. The minimum absolute atomic E-state index is 0.0536. The van der Waals surface area contributed by atoms with Gasteiger partial charge in [-0.25, -0.2) is 28.6 Å². The summed E-state index contributed by atoms with van der Waals surface area (Å²) in [6.07, 6.45) is -5.01. The summed E-state index contributed by atoms with van der Waals surface area (Å²) in [6.45, 7) is 1.71. The van der Waals surface area contributed by atoms with E-state index in [9.17, 15) is 31.5 Å². The molecule has 1 aliphatic rings. The molecule has 1 aromatic heterocycles. The number of amides is 1. The second-order valence-electron chi connectivity index (χ2n) is 6.89. The van der Waals surface area contributed by atoms with Crippen molar-refractivity contribution in [3.63, 3.8) is 0 Å². The summed E-state index contributed by atoms with van der Waals surface area (Å²) in [6, 6.07) is 9.44. The quantitative estimate of drug-likeness (QED) is 0.522. The Labute approximate surface area is 184 Å². The number of carbonyl (C=O) groups excluding carboxylic acids is 1. The zero-order valence-corrected chi connectivity index (χ0v) is 17.8. The number of alkyl halides is 3. The summed E-state index contributed by atoms with van der Waals surface area (Å²) in [5.41, 5.74) is 2.04. The van der Waals surface area contributed by atoms with Crippen molar-refractivity contribution in [3.05, 3.63) is 65.6 Å². The van der Waals surface area contributed by atoms with Crippen molar-refractivity contribution in [1.29, 1.82) is 0 Å². The number of hydrogen-bond donors (Lipinski definition) is 3. The number of fused-ring (bicyclic) bond motifs is 1. The number of carbonyl (C=O) groups is 1. The van der Waals surface area contributed by atoms with Crippen molar-refractivity contribution >= 4 is 42.6 Å². The van der Waals surface area contributed by atoms with Gasteiger partial charge >= 0.3 is 6.18 Å². The number of nitrogens with one attached hydrogen (secondary N) is 2. The number of hydrazine groups is 1. The molecule has 168 valence electrons. The molecule has 8 nitrogen and oxygen atoms in total. The topological polar surface area (TPSA) is 112 Å². The molecule has 4 rings (SSSR count). The number of aryl methyl sites for hydroxylation is 1. The van der Waals surface area contributed by atoms with Crippen LogP contribution in [0.2, 0.25) is 0 Å². The first-order chi connectivity index (χ1) is 15.0. The highest BCUT2D eigenvalue weighted by Crippen LogP contribution is 2.37. The molecule has 0 fully saturated rings. The highest BCUT2D eigenvalue weighted by molar-refractivity contribution is 7.90. The third-order valence-corrected chi connectivity index (χ3v) is 6.97. The molecule has 0 aliphatic carbocycles. The van der Waals surface area contributed by atoms with E-state index in [1.165, 1.54) is 24.3 Å². The van der Waals surface area contributed by atoms with Gasteiger partial charge in [0.25, 0.3) is 15.9 Å². The van der Waals surface area contributed by atoms with Crippen molar-refractivity contribution in [1.82, 2.24) is 15.1 Å². The molecule has 0 saturated carbocycles. The van der Waals surface area contributed by atoms with Crippen molar-refractivity contribution < 1.29 is 31.5 Å². The molecule has 0 saturated heterocycles. The molecule has 1 atom stereocenters. The summed E-state index contributed by atoms with van der Waals surface area (Å²) in [7, 11) is -4.48. The van der Waals surface area contributed by atoms with Gasteiger partial charge in [-0.05, 0) is 31.2 Å². The normalized spacial score (nSPS) is 17.2. The van der Waals surface area contributed by atoms with E-state index in [1.54, 1.807) is 35.9 Å². The number of thiazole rings is 1. The first-order valence-electron chi connectivity index (χ1n) is 9.03. The van der Waals surface area contributed by atoms with Gasteiger partial charge < -0.3 is 5.11 Å². The SMILES string of the molecule is Cc1ccc(S(=O)(=O)NC(=O)C2=C(O)N(c3nc4ccccc4s3)N[C@H]2C(F)(F)F)cc1. The molecule has 13 heteroatoms. The number of aliphatic hydroxyl groups excluding tert-OH is 1. The van der Waals surface area contributed by atoms with Crippen LogP contribution in [0.5, 0.6) is 0 Å². The van der Waals surface area contributed by atoms with Crippen molar-refractivity contribution in [2.75, 3.05) is 5.01 Å². The Balaban J connectivity index is 1.71. The van der Waals surface area contributed by atoms with Crippen LogP contribution in [0.15, 0.2) is 64.9 Å². The molecule has 2 aromatic carbocycles. The Hall–Kier alpha value is -3.16. The van der Waals surface area contributed by atoms with Crippen LogP contribution >= 0.6 is 11.3 Å². The predicted molar refractivity (Wildman–Crippen MR) is 111 cm³/mol. The van der Waals surface area contributed by atoms with Crippen LogP contribution in [0.25, 0.3) is 10.2 Å². The van der Waals surface area contributed by atoms with Crippen molar-refractivity contribution in [2.45, 2.75) is 24.0 Å². The summed E-state index contributed by atoms with van der Waals surface area (Å²) in [5, 5.41) is 11.1. The number of aliphatic hydroxyl groups is 1. The molecule has 0 bridgehead atoms. The van der Waals surface area contributed by atoms with E-state index in [4.69, 9.17) is 0 Å². The summed E-state index contributed by atoms with van der Waals surface area (Å²) in [5.74, 6) is -2.70. The molecular weight excluding hydrogens is 469 g/mol. The molecular formula is C19H15F3N4O4S2. The van der Waals surface area contributed by atoms with Crippen LogP contribution in [-0.2, 0) is 14.8 Å². The third kappa shape index (κ3) is 4.01. The van der Waals surface area contributed by atoms with E-state index >= 15 is 0 Å². The predicted octanol–water partition coefficient (Wildman–Crippen LogP) is 3.13.